The Balaban J connectivity index is 1.49. The zero-order valence-electron chi connectivity index (χ0n) is 13.1. The Morgan fingerprint density at radius 1 is 1.26 bits per heavy atom. The SMILES string of the molecule is O=C(C=CC1CCOC1)NCc1cccc(C(=O)NC2CC2)c1. The quantitative estimate of drug-likeness (QED) is 0.787. The molecule has 2 amide bonds. The molecular weight excluding hydrogens is 292 g/mol. The summed E-state index contributed by atoms with van der Waals surface area (Å²) in [6.45, 7) is 1.88. The second-order valence-corrected chi connectivity index (χ2v) is 6.15. The number of benzene rings is 1. The minimum Gasteiger partial charge on any atom is -0.381 e. The van der Waals surface area contributed by atoms with E-state index in [0.29, 0.717) is 30.7 Å². The van der Waals surface area contributed by atoms with Crippen molar-refractivity contribution in [3.8, 4) is 0 Å². The van der Waals surface area contributed by atoms with Crippen LogP contribution in [0.5, 0.6) is 0 Å². The van der Waals surface area contributed by atoms with Crippen molar-refractivity contribution in [1.82, 2.24) is 10.6 Å². The molecule has 0 aromatic heterocycles. The molecule has 1 saturated heterocycles. The van der Waals surface area contributed by atoms with Gasteiger partial charge < -0.3 is 15.4 Å². The molecule has 1 unspecified atom stereocenters. The molecule has 2 fully saturated rings. The second kappa shape index (κ2) is 7.42. The molecule has 1 atom stereocenters. The zero-order valence-corrected chi connectivity index (χ0v) is 13.1. The van der Waals surface area contributed by atoms with Gasteiger partial charge in [0.2, 0.25) is 5.91 Å². The highest BCUT2D eigenvalue weighted by atomic mass is 16.5. The largest absolute Gasteiger partial charge is 0.381 e. The maximum absolute atomic E-state index is 12.0. The number of carbonyl (C=O) groups is 2. The van der Waals surface area contributed by atoms with Crippen molar-refractivity contribution in [2.75, 3.05) is 13.2 Å². The summed E-state index contributed by atoms with van der Waals surface area (Å²) in [4.78, 5) is 23.8. The number of ether oxygens (including phenoxy) is 1. The van der Waals surface area contributed by atoms with E-state index in [9.17, 15) is 9.59 Å². The van der Waals surface area contributed by atoms with Crippen molar-refractivity contribution in [2.45, 2.75) is 31.8 Å². The van der Waals surface area contributed by atoms with Crippen LogP contribution in [0, 0.1) is 5.92 Å². The smallest absolute Gasteiger partial charge is 0.251 e. The van der Waals surface area contributed by atoms with Crippen molar-refractivity contribution in [3.63, 3.8) is 0 Å². The van der Waals surface area contributed by atoms with Crippen LogP contribution in [0.4, 0.5) is 0 Å². The molecular formula is C18H22N2O3. The molecule has 5 nitrogen and oxygen atoms in total. The molecule has 0 bridgehead atoms. The first-order valence-electron chi connectivity index (χ1n) is 8.14. The van der Waals surface area contributed by atoms with E-state index in [2.05, 4.69) is 10.6 Å². The molecule has 1 aliphatic carbocycles. The highest BCUT2D eigenvalue weighted by molar-refractivity contribution is 5.94. The molecule has 1 saturated carbocycles. The Kier molecular flexibility index (Phi) is 5.08. The van der Waals surface area contributed by atoms with E-state index in [1.807, 2.05) is 24.3 Å². The van der Waals surface area contributed by atoms with Crippen LogP contribution >= 0.6 is 0 Å². The van der Waals surface area contributed by atoms with Crippen LogP contribution in [0.25, 0.3) is 0 Å². The van der Waals surface area contributed by atoms with E-state index in [0.717, 1.165) is 31.4 Å². The Labute approximate surface area is 136 Å². The average molecular weight is 314 g/mol. The third-order valence-electron chi connectivity index (χ3n) is 4.05. The average Bonchev–Trinajstić information content (AvgIpc) is 3.22. The fourth-order valence-electron chi connectivity index (χ4n) is 2.50. The second-order valence-electron chi connectivity index (χ2n) is 6.15. The van der Waals surface area contributed by atoms with Crippen molar-refractivity contribution in [3.05, 3.63) is 47.5 Å². The van der Waals surface area contributed by atoms with Gasteiger partial charge in [0.25, 0.3) is 5.91 Å². The summed E-state index contributed by atoms with van der Waals surface area (Å²) in [6, 6.07) is 7.71. The summed E-state index contributed by atoms with van der Waals surface area (Å²) in [6.07, 6.45) is 6.59. The Bertz CT molecular complexity index is 602. The lowest BCUT2D eigenvalue weighted by molar-refractivity contribution is -0.116. The Hall–Kier alpha value is -2.14. The summed E-state index contributed by atoms with van der Waals surface area (Å²) in [5.41, 5.74) is 1.56. The van der Waals surface area contributed by atoms with Crippen LogP contribution in [0.3, 0.4) is 0 Å². The van der Waals surface area contributed by atoms with Crippen molar-refractivity contribution in [1.29, 1.82) is 0 Å². The molecule has 1 aliphatic heterocycles. The lowest BCUT2D eigenvalue weighted by Crippen LogP contribution is -2.25. The van der Waals surface area contributed by atoms with Crippen LogP contribution in [0.15, 0.2) is 36.4 Å². The van der Waals surface area contributed by atoms with Gasteiger partial charge in [-0.2, -0.15) is 0 Å². The third-order valence-corrected chi connectivity index (χ3v) is 4.05. The molecule has 1 heterocycles. The molecule has 122 valence electrons. The van der Waals surface area contributed by atoms with E-state index >= 15 is 0 Å². The fraction of sp³-hybridized carbons (Fsp3) is 0.444. The van der Waals surface area contributed by atoms with E-state index < -0.39 is 0 Å². The van der Waals surface area contributed by atoms with Gasteiger partial charge in [-0.15, -0.1) is 0 Å². The van der Waals surface area contributed by atoms with Gasteiger partial charge in [-0.1, -0.05) is 18.2 Å². The number of amides is 2. The van der Waals surface area contributed by atoms with Crippen molar-refractivity contribution < 1.29 is 14.3 Å². The predicted octanol–water partition coefficient (Wildman–Crippen LogP) is 1.79. The lowest BCUT2D eigenvalue weighted by Gasteiger charge is -2.07. The number of hydrogen-bond acceptors (Lipinski definition) is 3. The molecule has 5 heteroatoms. The summed E-state index contributed by atoms with van der Waals surface area (Å²) >= 11 is 0. The predicted molar refractivity (Wildman–Crippen MR) is 86.8 cm³/mol. The summed E-state index contributed by atoms with van der Waals surface area (Å²) in [7, 11) is 0. The lowest BCUT2D eigenvalue weighted by atomic mass is 10.1. The summed E-state index contributed by atoms with van der Waals surface area (Å²) in [5.74, 6) is 0.182. The van der Waals surface area contributed by atoms with Gasteiger partial charge in [0.05, 0.1) is 6.61 Å². The van der Waals surface area contributed by atoms with Crippen LogP contribution in [-0.2, 0) is 16.1 Å². The normalized spacial score (nSPS) is 20.6. The highest BCUT2D eigenvalue weighted by Gasteiger charge is 2.23. The molecule has 23 heavy (non-hydrogen) atoms. The summed E-state index contributed by atoms with van der Waals surface area (Å²) in [5, 5.41) is 5.81. The van der Waals surface area contributed by atoms with E-state index in [1.54, 1.807) is 12.1 Å². The monoisotopic (exact) mass is 314 g/mol. The minimum absolute atomic E-state index is 0.0400. The van der Waals surface area contributed by atoms with Crippen LogP contribution < -0.4 is 10.6 Å². The number of hydrogen-bond donors (Lipinski definition) is 2. The fourth-order valence-corrected chi connectivity index (χ4v) is 2.50. The van der Waals surface area contributed by atoms with Crippen LogP contribution in [-0.4, -0.2) is 31.1 Å². The Morgan fingerprint density at radius 2 is 2.13 bits per heavy atom. The van der Waals surface area contributed by atoms with Crippen molar-refractivity contribution >= 4 is 11.8 Å². The maximum Gasteiger partial charge on any atom is 0.251 e. The van der Waals surface area contributed by atoms with Gasteiger partial charge in [-0.3, -0.25) is 9.59 Å². The third kappa shape index (κ3) is 4.93. The first-order chi connectivity index (χ1) is 11.2. The number of rotatable bonds is 6. The zero-order chi connectivity index (χ0) is 16.1. The van der Waals surface area contributed by atoms with Gasteiger partial charge >= 0.3 is 0 Å². The van der Waals surface area contributed by atoms with Gasteiger partial charge in [0.1, 0.15) is 0 Å². The van der Waals surface area contributed by atoms with Gasteiger partial charge in [-0.05, 0) is 43.0 Å². The Morgan fingerprint density at radius 3 is 2.87 bits per heavy atom. The van der Waals surface area contributed by atoms with E-state index in [-0.39, 0.29) is 11.8 Å². The summed E-state index contributed by atoms with van der Waals surface area (Å²) < 4.78 is 5.27. The number of carbonyl (C=O) groups excluding carboxylic acids is 2. The maximum atomic E-state index is 12.0. The number of nitrogens with one attached hydrogen (secondary N) is 2. The topological polar surface area (TPSA) is 67.4 Å². The van der Waals surface area contributed by atoms with E-state index in [4.69, 9.17) is 4.74 Å². The minimum atomic E-state index is -0.121. The first kappa shape index (κ1) is 15.7. The molecule has 1 aromatic rings. The first-order valence-corrected chi connectivity index (χ1v) is 8.14. The molecule has 1 aromatic carbocycles. The van der Waals surface area contributed by atoms with Gasteiger partial charge in [0, 0.05) is 30.7 Å². The molecule has 3 rings (SSSR count). The van der Waals surface area contributed by atoms with Crippen molar-refractivity contribution in [2.24, 2.45) is 5.92 Å². The standard InChI is InChI=1S/C18H22N2O3/c21-17(7-4-13-8-9-23-12-13)19-11-14-2-1-3-15(10-14)18(22)20-16-5-6-16/h1-4,7,10,13,16H,5-6,8-9,11-12H2,(H,19,21)(H,20,22). The molecule has 2 aliphatic rings. The molecule has 2 N–H and O–H groups in total. The van der Waals surface area contributed by atoms with Gasteiger partial charge in [-0.25, -0.2) is 0 Å². The molecule has 0 spiro atoms. The van der Waals surface area contributed by atoms with Crippen LogP contribution in [0.1, 0.15) is 35.2 Å². The van der Waals surface area contributed by atoms with Crippen LogP contribution in [0.2, 0.25) is 0 Å². The van der Waals surface area contributed by atoms with Gasteiger partial charge in [0.15, 0.2) is 0 Å². The highest BCUT2D eigenvalue weighted by Crippen LogP contribution is 2.19. The van der Waals surface area contributed by atoms with E-state index in [1.165, 1.54) is 0 Å². The molecule has 0 radical (unpaired) electrons.